The standard InChI is InChI=1S/C15H22N2O/c1-17(13-10-6-3-7-11-13)15(18)14(16)12-8-4-2-5-9-12/h2,4-5,8-9,13-14H,3,6-7,10-11,16H2,1H3. The third kappa shape index (κ3) is 2.91. The monoisotopic (exact) mass is 246 g/mol. The molecule has 0 aliphatic heterocycles. The maximum absolute atomic E-state index is 12.3. The lowest BCUT2D eigenvalue weighted by atomic mass is 9.93. The number of hydrogen-bond donors (Lipinski definition) is 1. The molecule has 2 N–H and O–H groups in total. The minimum absolute atomic E-state index is 0.0353. The fourth-order valence-electron chi connectivity index (χ4n) is 2.67. The summed E-state index contributed by atoms with van der Waals surface area (Å²) in [4.78, 5) is 14.2. The molecule has 1 unspecified atom stereocenters. The third-order valence-electron chi connectivity index (χ3n) is 3.89. The number of carbonyl (C=O) groups excluding carboxylic acids is 1. The van der Waals surface area contributed by atoms with Gasteiger partial charge in [-0.05, 0) is 18.4 Å². The number of hydrogen-bond acceptors (Lipinski definition) is 2. The van der Waals surface area contributed by atoms with Gasteiger partial charge < -0.3 is 10.6 Å². The molecule has 0 radical (unpaired) electrons. The van der Waals surface area contributed by atoms with Gasteiger partial charge in [-0.2, -0.15) is 0 Å². The highest BCUT2D eigenvalue weighted by atomic mass is 16.2. The van der Waals surface area contributed by atoms with Crippen molar-refractivity contribution in [1.29, 1.82) is 0 Å². The van der Waals surface area contributed by atoms with E-state index in [1.165, 1.54) is 19.3 Å². The summed E-state index contributed by atoms with van der Waals surface area (Å²) in [5.41, 5.74) is 6.95. The summed E-state index contributed by atoms with van der Waals surface area (Å²) in [7, 11) is 1.89. The van der Waals surface area contributed by atoms with Crippen molar-refractivity contribution in [3.05, 3.63) is 35.9 Å². The van der Waals surface area contributed by atoms with Crippen LogP contribution in [-0.4, -0.2) is 23.9 Å². The predicted octanol–water partition coefficient (Wildman–Crippen LogP) is 2.48. The summed E-state index contributed by atoms with van der Waals surface area (Å²) >= 11 is 0. The molecule has 1 aliphatic carbocycles. The van der Waals surface area contributed by atoms with Crippen molar-refractivity contribution in [3.63, 3.8) is 0 Å². The van der Waals surface area contributed by atoms with Crippen LogP contribution in [0.2, 0.25) is 0 Å². The van der Waals surface area contributed by atoms with Crippen molar-refractivity contribution >= 4 is 5.91 Å². The van der Waals surface area contributed by atoms with E-state index in [9.17, 15) is 4.79 Å². The van der Waals surface area contributed by atoms with Gasteiger partial charge in [0.05, 0.1) is 0 Å². The van der Waals surface area contributed by atoms with Gasteiger partial charge in [-0.1, -0.05) is 49.6 Å². The van der Waals surface area contributed by atoms with Crippen LogP contribution in [0.4, 0.5) is 0 Å². The summed E-state index contributed by atoms with van der Waals surface area (Å²) in [5, 5.41) is 0. The first-order valence-corrected chi connectivity index (χ1v) is 6.77. The summed E-state index contributed by atoms with van der Waals surface area (Å²) in [6.07, 6.45) is 5.97. The Morgan fingerprint density at radius 2 is 1.83 bits per heavy atom. The summed E-state index contributed by atoms with van der Waals surface area (Å²) in [6, 6.07) is 9.45. The highest BCUT2D eigenvalue weighted by molar-refractivity contribution is 5.83. The molecule has 1 aliphatic rings. The molecule has 0 aromatic heterocycles. The highest BCUT2D eigenvalue weighted by Gasteiger charge is 2.26. The Bertz CT molecular complexity index is 385. The van der Waals surface area contributed by atoms with Gasteiger partial charge in [0.25, 0.3) is 0 Å². The molecule has 1 amide bonds. The first-order chi connectivity index (χ1) is 8.70. The lowest BCUT2D eigenvalue weighted by Gasteiger charge is -2.33. The number of amides is 1. The molecule has 0 bridgehead atoms. The SMILES string of the molecule is CN(C(=O)C(N)c1ccccc1)C1CCCCC1. The van der Waals surface area contributed by atoms with Crippen LogP contribution in [0.25, 0.3) is 0 Å². The second kappa shape index (κ2) is 6.01. The molecule has 18 heavy (non-hydrogen) atoms. The van der Waals surface area contributed by atoms with E-state index in [1.807, 2.05) is 42.3 Å². The Morgan fingerprint density at radius 3 is 2.44 bits per heavy atom. The molecule has 3 nitrogen and oxygen atoms in total. The molecule has 0 heterocycles. The van der Waals surface area contributed by atoms with Crippen molar-refractivity contribution in [3.8, 4) is 0 Å². The van der Waals surface area contributed by atoms with Crippen molar-refractivity contribution in [2.45, 2.75) is 44.2 Å². The molecular weight excluding hydrogens is 224 g/mol. The average Bonchev–Trinajstić information content (AvgIpc) is 2.47. The van der Waals surface area contributed by atoms with Gasteiger partial charge in [-0.15, -0.1) is 0 Å². The zero-order valence-corrected chi connectivity index (χ0v) is 11.0. The number of carbonyl (C=O) groups is 1. The van der Waals surface area contributed by atoms with Crippen molar-refractivity contribution in [1.82, 2.24) is 4.90 Å². The van der Waals surface area contributed by atoms with Crippen LogP contribution >= 0.6 is 0 Å². The first kappa shape index (κ1) is 13.1. The minimum Gasteiger partial charge on any atom is -0.341 e. The summed E-state index contributed by atoms with van der Waals surface area (Å²) in [6.45, 7) is 0. The van der Waals surface area contributed by atoms with Crippen LogP contribution in [-0.2, 0) is 4.79 Å². The van der Waals surface area contributed by atoms with E-state index < -0.39 is 6.04 Å². The van der Waals surface area contributed by atoms with Gasteiger partial charge in [0.2, 0.25) is 5.91 Å². The molecule has 1 aromatic carbocycles. The number of likely N-dealkylation sites (N-methyl/N-ethyl adjacent to an activating group) is 1. The summed E-state index contributed by atoms with van der Waals surface area (Å²) < 4.78 is 0. The van der Waals surface area contributed by atoms with E-state index in [-0.39, 0.29) is 5.91 Å². The van der Waals surface area contributed by atoms with E-state index >= 15 is 0 Å². The van der Waals surface area contributed by atoms with Crippen LogP contribution in [0.1, 0.15) is 43.7 Å². The molecule has 1 fully saturated rings. The Kier molecular flexibility index (Phi) is 4.37. The van der Waals surface area contributed by atoms with Crippen LogP contribution < -0.4 is 5.73 Å². The van der Waals surface area contributed by atoms with Gasteiger partial charge >= 0.3 is 0 Å². The molecule has 1 aromatic rings. The van der Waals surface area contributed by atoms with Gasteiger partial charge in [-0.3, -0.25) is 4.79 Å². The molecule has 0 spiro atoms. The molecule has 98 valence electrons. The maximum Gasteiger partial charge on any atom is 0.244 e. The summed E-state index contributed by atoms with van der Waals surface area (Å²) in [5.74, 6) is 0.0353. The van der Waals surface area contributed by atoms with Crippen LogP contribution in [0.3, 0.4) is 0 Å². The Hall–Kier alpha value is -1.35. The number of benzene rings is 1. The van der Waals surface area contributed by atoms with Crippen molar-refractivity contribution < 1.29 is 4.79 Å². The van der Waals surface area contributed by atoms with E-state index in [1.54, 1.807) is 0 Å². The normalized spacial score (nSPS) is 18.3. The van der Waals surface area contributed by atoms with E-state index in [0.717, 1.165) is 18.4 Å². The number of nitrogens with zero attached hydrogens (tertiary/aromatic N) is 1. The lowest BCUT2D eigenvalue weighted by molar-refractivity contribution is -0.134. The second-order valence-electron chi connectivity index (χ2n) is 5.13. The van der Waals surface area contributed by atoms with Gasteiger partial charge in [0.15, 0.2) is 0 Å². The number of nitrogens with two attached hydrogens (primary N) is 1. The topological polar surface area (TPSA) is 46.3 Å². The molecule has 2 rings (SSSR count). The second-order valence-corrected chi connectivity index (χ2v) is 5.13. The Morgan fingerprint density at radius 1 is 1.22 bits per heavy atom. The first-order valence-electron chi connectivity index (χ1n) is 6.77. The third-order valence-corrected chi connectivity index (χ3v) is 3.89. The predicted molar refractivity (Wildman–Crippen MR) is 73.0 cm³/mol. The zero-order valence-electron chi connectivity index (χ0n) is 11.0. The maximum atomic E-state index is 12.3. The molecule has 0 saturated heterocycles. The Balaban J connectivity index is 2.01. The fourth-order valence-corrected chi connectivity index (χ4v) is 2.67. The van der Waals surface area contributed by atoms with E-state index in [4.69, 9.17) is 5.73 Å². The highest BCUT2D eigenvalue weighted by Crippen LogP contribution is 2.23. The minimum atomic E-state index is -0.530. The average molecular weight is 246 g/mol. The molecule has 3 heteroatoms. The van der Waals surface area contributed by atoms with Crippen LogP contribution in [0.15, 0.2) is 30.3 Å². The Labute approximate surface area is 109 Å². The largest absolute Gasteiger partial charge is 0.341 e. The van der Waals surface area contributed by atoms with Gasteiger partial charge in [0.1, 0.15) is 6.04 Å². The lowest BCUT2D eigenvalue weighted by Crippen LogP contribution is -2.43. The van der Waals surface area contributed by atoms with E-state index in [0.29, 0.717) is 6.04 Å². The van der Waals surface area contributed by atoms with Gasteiger partial charge in [-0.25, -0.2) is 0 Å². The van der Waals surface area contributed by atoms with E-state index in [2.05, 4.69) is 0 Å². The quantitative estimate of drug-likeness (QED) is 0.890. The van der Waals surface area contributed by atoms with Crippen LogP contribution in [0.5, 0.6) is 0 Å². The van der Waals surface area contributed by atoms with Crippen molar-refractivity contribution in [2.24, 2.45) is 5.73 Å². The molecule has 1 saturated carbocycles. The number of rotatable bonds is 3. The smallest absolute Gasteiger partial charge is 0.244 e. The van der Waals surface area contributed by atoms with Crippen LogP contribution in [0, 0.1) is 0 Å². The fraction of sp³-hybridized carbons (Fsp3) is 0.533. The molecule has 1 atom stereocenters. The molecular formula is C15H22N2O. The van der Waals surface area contributed by atoms with Crippen molar-refractivity contribution in [2.75, 3.05) is 7.05 Å². The van der Waals surface area contributed by atoms with Gasteiger partial charge in [0, 0.05) is 13.1 Å². The zero-order chi connectivity index (χ0) is 13.0.